The van der Waals surface area contributed by atoms with Gasteiger partial charge in [0.2, 0.25) is 5.95 Å². The number of aromatic amines is 1. The van der Waals surface area contributed by atoms with E-state index < -0.39 is 41.3 Å². The summed E-state index contributed by atoms with van der Waals surface area (Å²) in [6.45, 7) is 3.69. The molecule has 0 atom stereocenters. The van der Waals surface area contributed by atoms with Crippen LogP contribution in [-0.2, 0) is 13.6 Å². The first-order valence-electron chi connectivity index (χ1n) is 10.9. The standard InChI is InChI=1S/C18H19F4N3O.C5H7N3O/c1-9(2)11-4-3-5-13(19)12(11)8-25(10-6-7-10)18(26)14-15(16(20)21)23-24-17(14)22;1-8-3-4(2-7-8)5(6)9/h3-5,9-10,16H,6-8H2,1-2H3,(H,23,24);2-3H,1H3,(H2,6,9). The van der Waals surface area contributed by atoms with Crippen LogP contribution in [0.4, 0.5) is 17.6 Å². The van der Waals surface area contributed by atoms with Gasteiger partial charge in [0.25, 0.3) is 18.2 Å². The highest BCUT2D eigenvalue weighted by Gasteiger charge is 2.38. The predicted molar refractivity (Wildman–Crippen MR) is 119 cm³/mol. The van der Waals surface area contributed by atoms with Crippen molar-refractivity contribution in [2.45, 2.75) is 51.6 Å². The van der Waals surface area contributed by atoms with Crippen LogP contribution in [0.1, 0.15) is 76.6 Å². The monoisotopic (exact) mass is 494 g/mol. The number of carbonyl (C=O) groups excluding carboxylic acids is 2. The number of rotatable bonds is 7. The fourth-order valence-electron chi connectivity index (χ4n) is 3.59. The molecule has 2 heterocycles. The van der Waals surface area contributed by atoms with Crippen LogP contribution in [-0.4, -0.2) is 42.7 Å². The molecule has 35 heavy (non-hydrogen) atoms. The number of amides is 2. The normalized spacial score (nSPS) is 13.1. The van der Waals surface area contributed by atoms with E-state index in [-0.39, 0.29) is 18.5 Å². The van der Waals surface area contributed by atoms with E-state index in [1.165, 1.54) is 21.8 Å². The average molecular weight is 494 g/mol. The molecule has 4 rings (SSSR count). The summed E-state index contributed by atoms with van der Waals surface area (Å²) in [5.74, 6) is -3.07. The highest BCUT2D eigenvalue weighted by Crippen LogP contribution is 2.34. The molecule has 0 radical (unpaired) electrons. The lowest BCUT2D eigenvalue weighted by atomic mass is 9.96. The molecular formula is C23H26F4N6O2. The van der Waals surface area contributed by atoms with Crippen molar-refractivity contribution in [3.05, 3.63) is 70.3 Å². The zero-order valence-electron chi connectivity index (χ0n) is 19.4. The number of hydrogen-bond donors (Lipinski definition) is 2. The largest absolute Gasteiger partial charge is 0.366 e. The molecule has 1 aliphatic rings. The molecule has 2 amide bonds. The molecule has 1 aromatic carbocycles. The van der Waals surface area contributed by atoms with Crippen LogP contribution in [0.15, 0.2) is 30.6 Å². The molecule has 1 aliphatic carbocycles. The Hall–Kier alpha value is -3.70. The highest BCUT2D eigenvalue weighted by atomic mass is 19.3. The third-order valence-electron chi connectivity index (χ3n) is 5.53. The smallest absolute Gasteiger partial charge is 0.280 e. The quantitative estimate of drug-likeness (QED) is 0.483. The van der Waals surface area contributed by atoms with E-state index in [1.54, 1.807) is 25.4 Å². The van der Waals surface area contributed by atoms with Gasteiger partial charge in [-0.05, 0) is 30.4 Å². The lowest BCUT2D eigenvalue weighted by Gasteiger charge is -2.25. The number of nitrogens with two attached hydrogens (primary N) is 1. The summed E-state index contributed by atoms with van der Waals surface area (Å²) in [6, 6.07) is 4.42. The van der Waals surface area contributed by atoms with Gasteiger partial charge in [-0.1, -0.05) is 26.0 Å². The Morgan fingerprint density at radius 2 is 1.94 bits per heavy atom. The van der Waals surface area contributed by atoms with Gasteiger partial charge < -0.3 is 10.6 Å². The molecule has 8 nitrogen and oxygen atoms in total. The fraction of sp³-hybridized carbons (Fsp3) is 0.391. The summed E-state index contributed by atoms with van der Waals surface area (Å²) in [4.78, 5) is 24.5. The summed E-state index contributed by atoms with van der Waals surface area (Å²) in [6.07, 6.45) is 1.28. The summed E-state index contributed by atoms with van der Waals surface area (Å²) >= 11 is 0. The molecule has 0 bridgehead atoms. The van der Waals surface area contributed by atoms with Crippen LogP contribution in [0.5, 0.6) is 0 Å². The van der Waals surface area contributed by atoms with Gasteiger partial charge >= 0.3 is 0 Å². The number of benzene rings is 1. The van der Waals surface area contributed by atoms with Crippen LogP contribution < -0.4 is 5.73 Å². The van der Waals surface area contributed by atoms with Crippen molar-refractivity contribution in [3.63, 3.8) is 0 Å². The van der Waals surface area contributed by atoms with Crippen molar-refractivity contribution in [2.75, 3.05) is 0 Å². The maximum Gasteiger partial charge on any atom is 0.280 e. The minimum Gasteiger partial charge on any atom is -0.366 e. The Bertz CT molecular complexity index is 1200. The molecule has 12 heteroatoms. The Morgan fingerprint density at radius 3 is 2.43 bits per heavy atom. The maximum absolute atomic E-state index is 14.4. The molecule has 188 valence electrons. The maximum atomic E-state index is 14.4. The van der Waals surface area contributed by atoms with Gasteiger partial charge in [0.1, 0.15) is 17.1 Å². The number of aryl methyl sites for hydroxylation is 1. The molecule has 3 N–H and O–H groups in total. The van der Waals surface area contributed by atoms with Gasteiger partial charge in [-0.2, -0.15) is 9.49 Å². The Kier molecular flexibility index (Phi) is 7.92. The van der Waals surface area contributed by atoms with E-state index in [4.69, 9.17) is 5.73 Å². The van der Waals surface area contributed by atoms with E-state index in [1.807, 2.05) is 18.9 Å². The van der Waals surface area contributed by atoms with Crippen LogP contribution >= 0.6 is 0 Å². The van der Waals surface area contributed by atoms with Gasteiger partial charge in [0.05, 0.1) is 11.8 Å². The van der Waals surface area contributed by atoms with Crippen molar-refractivity contribution in [3.8, 4) is 0 Å². The molecule has 0 aliphatic heterocycles. The number of nitrogens with one attached hydrogen (secondary N) is 1. The first kappa shape index (κ1) is 25.9. The first-order valence-corrected chi connectivity index (χ1v) is 10.9. The molecule has 3 aromatic rings. The fourth-order valence-corrected chi connectivity index (χ4v) is 3.59. The average Bonchev–Trinajstić information content (AvgIpc) is 3.41. The second-order valence-electron chi connectivity index (χ2n) is 8.50. The van der Waals surface area contributed by atoms with Gasteiger partial charge in [0, 0.05) is 31.4 Å². The second kappa shape index (κ2) is 10.7. The van der Waals surface area contributed by atoms with Gasteiger partial charge in [-0.25, -0.2) is 13.2 Å². The first-order chi connectivity index (χ1) is 16.5. The number of halogens is 4. The lowest BCUT2D eigenvalue weighted by Crippen LogP contribution is -2.34. The Balaban J connectivity index is 0.000000320. The zero-order chi connectivity index (χ0) is 25.9. The number of alkyl halides is 2. The SMILES string of the molecule is CC(C)c1cccc(F)c1CN(C(=O)c1c(F)n[nH]c1C(F)F)C1CC1.Cn1cc(C(N)=O)cn1. The van der Waals surface area contributed by atoms with Crippen molar-refractivity contribution in [2.24, 2.45) is 12.8 Å². The van der Waals surface area contributed by atoms with E-state index >= 15 is 0 Å². The van der Waals surface area contributed by atoms with Crippen LogP contribution in [0, 0.1) is 11.8 Å². The number of carbonyl (C=O) groups is 2. The number of primary amides is 1. The summed E-state index contributed by atoms with van der Waals surface area (Å²) < 4.78 is 56.0. The van der Waals surface area contributed by atoms with E-state index in [9.17, 15) is 27.2 Å². The number of nitrogens with zero attached hydrogens (tertiary/aromatic N) is 4. The molecular weight excluding hydrogens is 468 g/mol. The van der Waals surface area contributed by atoms with Crippen molar-refractivity contribution < 1.29 is 27.2 Å². The Labute approximate surface area is 199 Å². The third kappa shape index (κ3) is 6.06. The van der Waals surface area contributed by atoms with Crippen molar-refractivity contribution in [1.82, 2.24) is 24.9 Å². The predicted octanol–water partition coefficient (Wildman–Crippen LogP) is 4.07. The number of H-pyrrole nitrogens is 1. The summed E-state index contributed by atoms with van der Waals surface area (Å²) in [5, 5.41) is 8.73. The molecule has 1 saturated carbocycles. The van der Waals surface area contributed by atoms with Crippen LogP contribution in [0.25, 0.3) is 0 Å². The van der Waals surface area contributed by atoms with Gasteiger partial charge in [-0.15, -0.1) is 5.10 Å². The summed E-state index contributed by atoms with van der Waals surface area (Å²) in [7, 11) is 1.73. The number of hydrogen-bond acceptors (Lipinski definition) is 4. The molecule has 2 aromatic heterocycles. The minimum atomic E-state index is -3.06. The topological polar surface area (TPSA) is 110 Å². The van der Waals surface area contributed by atoms with Crippen molar-refractivity contribution in [1.29, 1.82) is 0 Å². The molecule has 0 saturated heterocycles. The van der Waals surface area contributed by atoms with Gasteiger partial charge in [0.15, 0.2) is 0 Å². The number of aromatic nitrogens is 4. The molecule has 1 fully saturated rings. The molecule has 0 spiro atoms. The van der Waals surface area contributed by atoms with Crippen LogP contribution in [0.2, 0.25) is 0 Å². The van der Waals surface area contributed by atoms with E-state index in [2.05, 4.69) is 10.2 Å². The second-order valence-corrected chi connectivity index (χ2v) is 8.50. The van der Waals surface area contributed by atoms with Crippen molar-refractivity contribution >= 4 is 11.8 Å². The zero-order valence-corrected chi connectivity index (χ0v) is 19.4. The Morgan fingerprint density at radius 1 is 1.26 bits per heavy atom. The van der Waals surface area contributed by atoms with Gasteiger partial charge in [-0.3, -0.25) is 19.4 Å². The lowest BCUT2D eigenvalue weighted by molar-refractivity contribution is 0.0710. The molecule has 0 unspecified atom stereocenters. The summed E-state index contributed by atoms with van der Waals surface area (Å²) in [5.41, 5.74) is 4.81. The van der Waals surface area contributed by atoms with Crippen LogP contribution in [0.3, 0.4) is 0 Å². The van der Waals surface area contributed by atoms with E-state index in [0.717, 1.165) is 5.56 Å². The minimum absolute atomic E-state index is 0.0131. The highest BCUT2D eigenvalue weighted by molar-refractivity contribution is 5.96. The van der Waals surface area contributed by atoms with E-state index in [0.29, 0.717) is 24.0 Å². The third-order valence-corrected chi connectivity index (χ3v) is 5.53.